The lowest BCUT2D eigenvalue weighted by atomic mass is 9.99. The van der Waals surface area contributed by atoms with Gasteiger partial charge in [0.25, 0.3) is 11.6 Å². The van der Waals surface area contributed by atoms with Gasteiger partial charge in [-0.2, -0.15) is 0 Å². The van der Waals surface area contributed by atoms with Crippen molar-refractivity contribution < 1.29 is 14.5 Å². The molecule has 21 heavy (non-hydrogen) atoms. The topological polar surface area (TPSA) is 81.5 Å². The zero-order valence-electron chi connectivity index (χ0n) is 11.7. The smallest absolute Gasteiger partial charge is 0.284 e. The van der Waals surface area contributed by atoms with E-state index in [1.165, 1.54) is 12.1 Å². The Morgan fingerprint density at radius 2 is 2.33 bits per heavy atom. The van der Waals surface area contributed by atoms with E-state index in [0.717, 1.165) is 19.4 Å². The summed E-state index contributed by atoms with van der Waals surface area (Å²) in [5.41, 5.74) is 0.176. The van der Waals surface area contributed by atoms with Gasteiger partial charge in [-0.3, -0.25) is 14.9 Å². The highest BCUT2D eigenvalue weighted by molar-refractivity contribution is 9.10. The van der Waals surface area contributed by atoms with Crippen LogP contribution in [0, 0.1) is 16.0 Å². The van der Waals surface area contributed by atoms with Crippen molar-refractivity contribution in [3.63, 3.8) is 0 Å². The third-order valence-electron chi connectivity index (χ3n) is 3.68. The van der Waals surface area contributed by atoms with Crippen molar-refractivity contribution in [3.05, 3.63) is 38.3 Å². The van der Waals surface area contributed by atoms with Crippen molar-refractivity contribution in [2.45, 2.75) is 25.9 Å². The summed E-state index contributed by atoms with van der Waals surface area (Å²) in [5.74, 6) is 0.0109. The normalized spacial score (nSPS) is 21.2. The summed E-state index contributed by atoms with van der Waals surface area (Å²) in [6.07, 6.45) is 2.04. The number of nitro groups is 1. The number of rotatable bonds is 5. The van der Waals surface area contributed by atoms with Gasteiger partial charge in [0.15, 0.2) is 0 Å². The van der Waals surface area contributed by atoms with Crippen LogP contribution in [-0.2, 0) is 4.74 Å². The maximum absolute atomic E-state index is 12.1. The molecule has 1 aliphatic heterocycles. The SMILES string of the molecule is CCC1OCCC1CNC(=O)c1ccc(Br)c([N+](=O)[O-])c1. The number of amides is 1. The van der Waals surface area contributed by atoms with Gasteiger partial charge >= 0.3 is 0 Å². The number of benzene rings is 1. The third kappa shape index (κ3) is 3.79. The van der Waals surface area contributed by atoms with Crippen molar-refractivity contribution in [1.82, 2.24) is 5.32 Å². The molecule has 2 rings (SSSR count). The Kier molecular flexibility index (Phi) is 5.30. The average molecular weight is 357 g/mol. The number of carbonyl (C=O) groups is 1. The standard InChI is InChI=1S/C14H17BrN2O4/c1-2-13-10(5-6-21-13)8-16-14(18)9-3-4-11(15)12(7-9)17(19)20/h3-4,7,10,13H,2,5-6,8H2,1H3,(H,16,18). The van der Waals surface area contributed by atoms with Crippen molar-refractivity contribution in [3.8, 4) is 0 Å². The Bertz CT molecular complexity index is 550. The van der Waals surface area contributed by atoms with Gasteiger partial charge in [-0.1, -0.05) is 6.92 Å². The van der Waals surface area contributed by atoms with E-state index in [-0.39, 0.29) is 23.3 Å². The van der Waals surface area contributed by atoms with Crippen LogP contribution in [0.5, 0.6) is 0 Å². The summed E-state index contributed by atoms with van der Waals surface area (Å²) in [5, 5.41) is 13.7. The molecule has 0 bridgehead atoms. The molecule has 1 aromatic carbocycles. The first kappa shape index (κ1) is 15.9. The van der Waals surface area contributed by atoms with Gasteiger partial charge in [0.2, 0.25) is 0 Å². The molecule has 1 amide bonds. The summed E-state index contributed by atoms with van der Waals surface area (Å²) < 4.78 is 5.93. The summed E-state index contributed by atoms with van der Waals surface area (Å²) in [7, 11) is 0. The fourth-order valence-electron chi connectivity index (χ4n) is 2.50. The molecule has 1 heterocycles. The van der Waals surface area contributed by atoms with E-state index < -0.39 is 4.92 Å². The van der Waals surface area contributed by atoms with E-state index in [2.05, 4.69) is 28.2 Å². The lowest BCUT2D eigenvalue weighted by molar-refractivity contribution is -0.385. The molecule has 7 heteroatoms. The highest BCUT2D eigenvalue weighted by Gasteiger charge is 2.27. The molecule has 0 spiro atoms. The minimum absolute atomic E-state index is 0.113. The number of hydrogen-bond donors (Lipinski definition) is 1. The molecule has 0 radical (unpaired) electrons. The maximum atomic E-state index is 12.1. The summed E-state index contributed by atoms with van der Waals surface area (Å²) in [6, 6.07) is 4.36. The summed E-state index contributed by atoms with van der Waals surface area (Å²) in [4.78, 5) is 22.5. The molecule has 1 aromatic rings. The third-order valence-corrected chi connectivity index (χ3v) is 4.35. The number of nitro benzene ring substituents is 1. The number of hydrogen-bond acceptors (Lipinski definition) is 4. The van der Waals surface area contributed by atoms with Crippen LogP contribution in [0.25, 0.3) is 0 Å². The molecule has 114 valence electrons. The largest absolute Gasteiger partial charge is 0.378 e. The fraction of sp³-hybridized carbons (Fsp3) is 0.500. The van der Waals surface area contributed by atoms with Crippen LogP contribution in [0.2, 0.25) is 0 Å². The molecule has 2 unspecified atom stereocenters. The molecule has 1 saturated heterocycles. The van der Waals surface area contributed by atoms with Gasteiger partial charge < -0.3 is 10.1 Å². The van der Waals surface area contributed by atoms with Gasteiger partial charge in [-0.05, 0) is 40.9 Å². The highest BCUT2D eigenvalue weighted by atomic mass is 79.9. The number of nitrogens with zero attached hydrogens (tertiary/aromatic N) is 1. The van der Waals surface area contributed by atoms with Crippen molar-refractivity contribution in [1.29, 1.82) is 0 Å². The van der Waals surface area contributed by atoms with Crippen LogP contribution in [0.3, 0.4) is 0 Å². The van der Waals surface area contributed by atoms with Crippen LogP contribution in [0.4, 0.5) is 5.69 Å². The number of carbonyl (C=O) groups excluding carboxylic acids is 1. The highest BCUT2D eigenvalue weighted by Crippen LogP contribution is 2.26. The molecule has 0 aromatic heterocycles. The first-order valence-corrected chi connectivity index (χ1v) is 7.66. The lowest BCUT2D eigenvalue weighted by Gasteiger charge is -2.17. The Balaban J connectivity index is 2.00. The van der Waals surface area contributed by atoms with Crippen molar-refractivity contribution >= 4 is 27.5 Å². The Morgan fingerprint density at radius 1 is 1.57 bits per heavy atom. The second-order valence-corrected chi connectivity index (χ2v) is 5.85. The molecular formula is C14H17BrN2O4. The molecular weight excluding hydrogens is 340 g/mol. The molecule has 0 saturated carbocycles. The van der Waals surface area contributed by atoms with E-state index in [4.69, 9.17) is 4.74 Å². The van der Waals surface area contributed by atoms with Crippen LogP contribution < -0.4 is 5.32 Å². The second kappa shape index (κ2) is 7.00. The zero-order chi connectivity index (χ0) is 15.4. The summed E-state index contributed by atoms with van der Waals surface area (Å²) >= 11 is 3.10. The fourth-order valence-corrected chi connectivity index (χ4v) is 2.89. The number of ether oxygens (including phenoxy) is 1. The van der Waals surface area contributed by atoms with E-state index in [9.17, 15) is 14.9 Å². The van der Waals surface area contributed by atoms with E-state index in [1.54, 1.807) is 6.07 Å². The number of nitrogens with one attached hydrogen (secondary N) is 1. The van der Waals surface area contributed by atoms with Crippen LogP contribution in [0.15, 0.2) is 22.7 Å². The maximum Gasteiger partial charge on any atom is 0.284 e. The number of halogens is 1. The first-order chi connectivity index (χ1) is 10.0. The van der Waals surface area contributed by atoms with Gasteiger partial charge in [-0.25, -0.2) is 0 Å². The van der Waals surface area contributed by atoms with Crippen LogP contribution >= 0.6 is 15.9 Å². The molecule has 1 N–H and O–H groups in total. The van der Waals surface area contributed by atoms with Crippen LogP contribution in [0.1, 0.15) is 30.1 Å². The first-order valence-electron chi connectivity index (χ1n) is 6.86. The minimum atomic E-state index is -0.515. The van der Waals surface area contributed by atoms with Gasteiger partial charge in [0, 0.05) is 30.7 Å². The Morgan fingerprint density at radius 3 is 3.00 bits per heavy atom. The van der Waals surface area contributed by atoms with Gasteiger partial charge in [-0.15, -0.1) is 0 Å². The average Bonchev–Trinajstić information content (AvgIpc) is 2.92. The van der Waals surface area contributed by atoms with Gasteiger partial charge in [0.05, 0.1) is 15.5 Å². The Labute approximate surface area is 131 Å². The van der Waals surface area contributed by atoms with Gasteiger partial charge in [0.1, 0.15) is 0 Å². The van der Waals surface area contributed by atoms with E-state index in [1.807, 2.05) is 0 Å². The zero-order valence-corrected chi connectivity index (χ0v) is 13.3. The van der Waals surface area contributed by atoms with E-state index >= 15 is 0 Å². The van der Waals surface area contributed by atoms with E-state index in [0.29, 0.717) is 16.9 Å². The molecule has 1 aliphatic rings. The molecule has 6 nitrogen and oxygen atoms in total. The monoisotopic (exact) mass is 356 g/mol. The van der Waals surface area contributed by atoms with Crippen LogP contribution in [-0.4, -0.2) is 30.1 Å². The quantitative estimate of drug-likeness (QED) is 0.649. The second-order valence-electron chi connectivity index (χ2n) is 5.00. The van der Waals surface area contributed by atoms with Crippen molar-refractivity contribution in [2.75, 3.05) is 13.2 Å². The molecule has 0 aliphatic carbocycles. The predicted octanol–water partition coefficient (Wildman–Crippen LogP) is 2.90. The Hall–Kier alpha value is -1.47. The molecule has 1 fully saturated rings. The van der Waals surface area contributed by atoms with Crippen molar-refractivity contribution in [2.24, 2.45) is 5.92 Å². The lowest BCUT2D eigenvalue weighted by Crippen LogP contribution is -2.32. The predicted molar refractivity (Wildman–Crippen MR) is 81.3 cm³/mol. The minimum Gasteiger partial charge on any atom is -0.378 e. The molecule has 2 atom stereocenters. The summed E-state index contributed by atoms with van der Waals surface area (Å²) in [6.45, 7) is 3.31.